The molecule has 18 heavy (non-hydrogen) atoms. The van der Waals surface area contributed by atoms with E-state index in [9.17, 15) is 0 Å². The van der Waals surface area contributed by atoms with Gasteiger partial charge in [0.2, 0.25) is 0 Å². The molecule has 1 aliphatic heterocycles. The Hall–Kier alpha value is -1.67. The minimum Gasteiger partial charge on any atom is -0.489 e. The van der Waals surface area contributed by atoms with Crippen molar-refractivity contribution in [1.82, 2.24) is 0 Å². The molecule has 0 unspecified atom stereocenters. The summed E-state index contributed by atoms with van der Waals surface area (Å²) in [4.78, 5) is 0. The van der Waals surface area contributed by atoms with Crippen molar-refractivity contribution in [1.29, 1.82) is 0 Å². The minimum atomic E-state index is 0.178. The van der Waals surface area contributed by atoms with Crippen LogP contribution in [0.3, 0.4) is 0 Å². The first-order chi connectivity index (χ1) is 8.72. The standard InChI is InChI=1S/C15H14ClNO/c1-10-2-7-13-15(8-10)18-9-14(17-13)11-3-5-12(16)6-4-11/h2-8,14,17H,9H2,1H3/t14-/m0/s1. The molecule has 0 amide bonds. The number of benzene rings is 2. The third-order valence-electron chi connectivity index (χ3n) is 3.14. The van der Waals surface area contributed by atoms with Crippen molar-refractivity contribution in [2.45, 2.75) is 13.0 Å². The molecular formula is C15H14ClNO. The maximum absolute atomic E-state index is 5.90. The highest BCUT2D eigenvalue weighted by atomic mass is 35.5. The van der Waals surface area contributed by atoms with Gasteiger partial charge in [-0.1, -0.05) is 29.8 Å². The van der Waals surface area contributed by atoms with Gasteiger partial charge in [0.25, 0.3) is 0 Å². The molecule has 3 rings (SSSR count). The molecule has 3 heteroatoms. The molecule has 1 N–H and O–H groups in total. The SMILES string of the molecule is Cc1ccc2c(c1)OC[C@@H](c1ccc(Cl)cc1)N2. The van der Waals surface area contributed by atoms with Gasteiger partial charge in [0.05, 0.1) is 11.7 Å². The van der Waals surface area contributed by atoms with Crippen molar-refractivity contribution < 1.29 is 4.74 Å². The van der Waals surface area contributed by atoms with Gasteiger partial charge in [-0.05, 0) is 42.3 Å². The van der Waals surface area contributed by atoms with Crippen LogP contribution in [-0.4, -0.2) is 6.61 Å². The maximum Gasteiger partial charge on any atom is 0.142 e. The number of nitrogens with one attached hydrogen (secondary N) is 1. The van der Waals surface area contributed by atoms with Crippen molar-refractivity contribution in [3.8, 4) is 5.75 Å². The zero-order chi connectivity index (χ0) is 12.5. The number of ether oxygens (including phenoxy) is 1. The first kappa shape index (κ1) is 11.4. The summed E-state index contributed by atoms with van der Waals surface area (Å²) in [6.45, 7) is 2.70. The fourth-order valence-corrected chi connectivity index (χ4v) is 2.27. The fraction of sp³-hybridized carbons (Fsp3) is 0.200. The second kappa shape index (κ2) is 4.54. The molecule has 92 valence electrons. The molecule has 0 bridgehead atoms. The average molecular weight is 260 g/mol. The molecule has 1 aliphatic rings. The maximum atomic E-state index is 5.90. The summed E-state index contributed by atoms with van der Waals surface area (Å²) in [7, 11) is 0. The fourth-order valence-electron chi connectivity index (χ4n) is 2.15. The Morgan fingerprint density at radius 2 is 1.94 bits per heavy atom. The van der Waals surface area contributed by atoms with Gasteiger partial charge in [0, 0.05) is 5.02 Å². The smallest absolute Gasteiger partial charge is 0.142 e. The number of halogens is 1. The van der Waals surface area contributed by atoms with Crippen LogP contribution in [0.1, 0.15) is 17.2 Å². The molecule has 0 aromatic heterocycles. The van der Waals surface area contributed by atoms with Crippen molar-refractivity contribution in [2.24, 2.45) is 0 Å². The van der Waals surface area contributed by atoms with Crippen LogP contribution < -0.4 is 10.1 Å². The third-order valence-corrected chi connectivity index (χ3v) is 3.40. The van der Waals surface area contributed by atoms with Gasteiger partial charge in [-0.3, -0.25) is 0 Å². The van der Waals surface area contributed by atoms with Gasteiger partial charge in [-0.25, -0.2) is 0 Å². The molecular weight excluding hydrogens is 246 g/mol. The summed E-state index contributed by atoms with van der Waals surface area (Å²) in [5.41, 5.74) is 3.44. The Labute approximate surface area is 112 Å². The molecule has 0 spiro atoms. The number of anilines is 1. The monoisotopic (exact) mass is 259 g/mol. The Bertz CT molecular complexity index is 565. The normalized spacial score (nSPS) is 17.6. The van der Waals surface area contributed by atoms with Gasteiger partial charge >= 0.3 is 0 Å². The lowest BCUT2D eigenvalue weighted by atomic mass is 10.1. The minimum absolute atomic E-state index is 0.178. The molecule has 0 fully saturated rings. The molecule has 2 aromatic carbocycles. The van der Waals surface area contributed by atoms with E-state index < -0.39 is 0 Å². The van der Waals surface area contributed by atoms with E-state index in [1.165, 1.54) is 11.1 Å². The van der Waals surface area contributed by atoms with Crippen LogP contribution in [-0.2, 0) is 0 Å². The summed E-state index contributed by atoms with van der Waals surface area (Å²) >= 11 is 5.90. The Kier molecular flexibility index (Phi) is 2.88. The summed E-state index contributed by atoms with van der Waals surface area (Å²) in [6.07, 6.45) is 0. The number of aryl methyl sites for hydroxylation is 1. The number of rotatable bonds is 1. The van der Waals surface area contributed by atoms with E-state index in [-0.39, 0.29) is 6.04 Å². The highest BCUT2D eigenvalue weighted by Crippen LogP contribution is 2.34. The first-order valence-corrected chi connectivity index (χ1v) is 6.35. The molecule has 1 atom stereocenters. The van der Waals surface area contributed by atoms with Gasteiger partial charge < -0.3 is 10.1 Å². The lowest BCUT2D eigenvalue weighted by Gasteiger charge is -2.28. The summed E-state index contributed by atoms with van der Waals surface area (Å²) in [5, 5.41) is 4.25. The lowest BCUT2D eigenvalue weighted by molar-refractivity contribution is 0.286. The number of fused-ring (bicyclic) bond motifs is 1. The zero-order valence-electron chi connectivity index (χ0n) is 10.1. The van der Waals surface area contributed by atoms with Crippen LogP contribution in [0.15, 0.2) is 42.5 Å². The average Bonchev–Trinajstić information content (AvgIpc) is 2.39. The van der Waals surface area contributed by atoms with Crippen LogP contribution in [0.5, 0.6) is 5.75 Å². The Morgan fingerprint density at radius 1 is 1.17 bits per heavy atom. The van der Waals surface area contributed by atoms with Gasteiger partial charge in [0.15, 0.2) is 0 Å². The Balaban J connectivity index is 1.86. The molecule has 0 aliphatic carbocycles. The largest absolute Gasteiger partial charge is 0.489 e. The van der Waals surface area contributed by atoms with Crippen LogP contribution in [0.25, 0.3) is 0 Å². The van der Waals surface area contributed by atoms with Crippen LogP contribution >= 0.6 is 11.6 Å². The van der Waals surface area contributed by atoms with E-state index in [1.54, 1.807) is 0 Å². The zero-order valence-corrected chi connectivity index (χ0v) is 10.9. The highest BCUT2D eigenvalue weighted by molar-refractivity contribution is 6.30. The molecule has 2 nitrogen and oxygen atoms in total. The van der Waals surface area contributed by atoms with E-state index in [2.05, 4.69) is 30.4 Å². The van der Waals surface area contributed by atoms with Crippen LogP contribution in [0.2, 0.25) is 5.02 Å². The van der Waals surface area contributed by atoms with Crippen molar-refractivity contribution in [3.63, 3.8) is 0 Å². The van der Waals surface area contributed by atoms with Crippen molar-refractivity contribution >= 4 is 17.3 Å². The molecule has 0 saturated heterocycles. The van der Waals surface area contributed by atoms with Crippen LogP contribution in [0, 0.1) is 6.92 Å². The third kappa shape index (κ3) is 2.16. The first-order valence-electron chi connectivity index (χ1n) is 5.98. The van der Waals surface area contributed by atoms with E-state index in [1.807, 2.05) is 24.3 Å². The van der Waals surface area contributed by atoms with Gasteiger partial charge in [0.1, 0.15) is 12.4 Å². The highest BCUT2D eigenvalue weighted by Gasteiger charge is 2.20. The lowest BCUT2D eigenvalue weighted by Crippen LogP contribution is -2.23. The predicted molar refractivity (Wildman–Crippen MR) is 74.5 cm³/mol. The van der Waals surface area contributed by atoms with E-state index >= 15 is 0 Å². The second-order valence-electron chi connectivity index (χ2n) is 4.56. The summed E-state index contributed by atoms with van der Waals surface area (Å²) in [5.74, 6) is 0.931. The van der Waals surface area contributed by atoms with Gasteiger partial charge in [-0.15, -0.1) is 0 Å². The predicted octanol–water partition coefficient (Wildman–Crippen LogP) is 4.19. The number of hydrogen-bond donors (Lipinski definition) is 1. The van der Waals surface area contributed by atoms with E-state index in [0.29, 0.717) is 6.61 Å². The van der Waals surface area contributed by atoms with Crippen molar-refractivity contribution in [3.05, 3.63) is 58.6 Å². The summed E-state index contributed by atoms with van der Waals surface area (Å²) in [6, 6.07) is 14.3. The second-order valence-corrected chi connectivity index (χ2v) is 5.00. The molecule has 1 heterocycles. The van der Waals surface area contributed by atoms with Crippen molar-refractivity contribution in [2.75, 3.05) is 11.9 Å². The molecule has 0 saturated carbocycles. The van der Waals surface area contributed by atoms with E-state index in [4.69, 9.17) is 16.3 Å². The van der Waals surface area contributed by atoms with Gasteiger partial charge in [-0.2, -0.15) is 0 Å². The quantitative estimate of drug-likeness (QED) is 0.829. The summed E-state index contributed by atoms with van der Waals surface area (Å²) < 4.78 is 5.81. The topological polar surface area (TPSA) is 21.3 Å². The Morgan fingerprint density at radius 3 is 2.72 bits per heavy atom. The van der Waals surface area contributed by atoms with E-state index in [0.717, 1.165) is 16.5 Å². The molecule has 2 aromatic rings. The van der Waals surface area contributed by atoms with Crippen LogP contribution in [0.4, 0.5) is 5.69 Å². The number of hydrogen-bond acceptors (Lipinski definition) is 2. The molecule has 0 radical (unpaired) electrons.